The highest BCUT2D eigenvalue weighted by molar-refractivity contribution is 5.83. The molecule has 0 aliphatic heterocycles. The maximum atomic E-state index is 13.4. The Kier molecular flexibility index (Phi) is 5.61. The van der Waals surface area contributed by atoms with E-state index < -0.39 is 29.5 Å². The summed E-state index contributed by atoms with van der Waals surface area (Å²) in [5, 5.41) is 0. The van der Waals surface area contributed by atoms with Gasteiger partial charge < -0.3 is 0 Å². The van der Waals surface area contributed by atoms with Gasteiger partial charge in [0.2, 0.25) is 0 Å². The van der Waals surface area contributed by atoms with Crippen LogP contribution in [-0.4, -0.2) is 18.5 Å². The van der Waals surface area contributed by atoms with Crippen molar-refractivity contribution >= 4 is 6.08 Å². The molecule has 9 heteroatoms. The smallest absolute Gasteiger partial charge is 0.169 e. The van der Waals surface area contributed by atoms with Crippen LogP contribution in [0.3, 0.4) is 0 Å². The SMILES string of the molecule is FC(F)(F)C(c1ccc(-c2cccc3c2C=C(C2CCCC2)[CH]3)cc1)(C(F)(F)F)C(F)(F)F. The summed E-state index contributed by atoms with van der Waals surface area (Å²) in [4.78, 5) is 0. The predicted octanol–water partition coefficient (Wildman–Crippen LogP) is 8.42. The molecule has 2 aliphatic rings. The number of rotatable bonds is 3. The van der Waals surface area contributed by atoms with Gasteiger partial charge in [-0.15, -0.1) is 0 Å². The maximum absolute atomic E-state index is 13.4. The molecule has 0 heterocycles. The molecule has 1 saturated carbocycles. The van der Waals surface area contributed by atoms with Gasteiger partial charge in [-0.2, -0.15) is 39.5 Å². The zero-order valence-corrected chi connectivity index (χ0v) is 17.0. The number of alkyl halides is 9. The first-order valence-electron chi connectivity index (χ1n) is 10.3. The van der Waals surface area contributed by atoms with E-state index in [-0.39, 0.29) is 17.7 Å². The van der Waals surface area contributed by atoms with Gasteiger partial charge in [-0.3, -0.25) is 0 Å². The molecule has 33 heavy (non-hydrogen) atoms. The summed E-state index contributed by atoms with van der Waals surface area (Å²) in [6.45, 7) is 0. The van der Waals surface area contributed by atoms with Crippen LogP contribution in [-0.2, 0) is 5.41 Å². The molecule has 177 valence electrons. The predicted molar refractivity (Wildman–Crippen MR) is 105 cm³/mol. The molecule has 0 saturated heterocycles. The Morgan fingerprint density at radius 1 is 0.667 bits per heavy atom. The molecule has 0 amide bonds. The second-order valence-electron chi connectivity index (χ2n) is 8.40. The fraction of sp³-hybridized carbons (Fsp3) is 0.375. The van der Waals surface area contributed by atoms with E-state index >= 15 is 0 Å². The van der Waals surface area contributed by atoms with Crippen LogP contribution in [0.15, 0.2) is 48.0 Å². The quantitative estimate of drug-likeness (QED) is 0.390. The van der Waals surface area contributed by atoms with Crippen LogP contribution in [0.1, 0.15) is 42.4 Å². The Balaban J connectivity index is 1.78. The van der Waals surface area contributed by atoms with Crippen molar-refractivity contribution in [1.82, 2.24) is 0 Å². The van der Waals surface area contributed by atoms with E-state index in [1.807, 2.05) is 18.6 Å². The van der Waals surface area contributed by atoms with Crippen molar-refractivity contribution in [2.45, 2.75) is 49.6 Å². The van der Waals surface area contributed by atoms with Crippen molar-refractivity contribution in [1.29, 1.82) is 0 Å². The van der Waals surface area contributed by atoms with Gasteiger partial charge in [-0.1, -0.05) is 67.0 Å². The maximum Gasteiger partial charge on any atom is 0.416 e. The van der Waals surface area contributed by atoms with Crippen molar-refractivity contribution in [2.75, 3.05) is 0 Å². The molecule has 0 bridgehead atoms. The van der Waals surface area contributed by atoms with Crippen molar-refractivity contribution in [3.8, 4) is 11.1 Å². The lowest BCUT2D eigenvalue weighted by atomic mass is 9.77. The molecule has 0 spiro atoms. The standard InChI is InChI=1S/C24H18F9/c25-22(26,27)21(23(28,29)30,24(31,32)33)18-10-8-15(9-11-18)19-7-3-6-16-12-17(13-20(16)19)14-4-1-2-5-14/h3,6-14H,1-2,4-5H2. The van der Waals surface area contributed by atoms with Gasteiger partial charge in [0.05, 0.1) is 0 Å². The molecule has 0 aromatic heterocycles. The monoisotopic (exact) mass is 477 g/mol. The van der Waals surface area contributed by atoms with Crippen molar-refractivity contribution in [2.24, 2.45) is 5.92 Å². The molecule has 0 nitrogen and oxygen atoms in total. The zero-order chi connectivity index (χ0) is 24.2. The Bertz CT molecular complexity index is 1010. The Hall–Kier alpha value is -2.45. The normalized spacial score (nSPS) is 17.9. The van der Waals surface area contributed by atoms with Gasteiger partial charge in [0.1, 0.15) is 0 Å². The largest absolute Gasteiger partial charge is 0.416 e. The lowest BCUT2D eigenvalue weighted by Crippen LogP contribution is -2.63. The fourth-order valence-corrected chi connectivity index (χ4v) is 4.88. The van der Waals surface area contributed by atoms with Crippen molar-refractivity contribution in [3.63, 3.8) is 0 Å². The summed E-state index contributed by atoms with van der Waals surface area (Å²) in [6.07, 6.45) is -11.7. The molecule has 0 N–H and O–H groups in total. The van der Waals surface area contributed by atoms with Crippen LogP contribution in [0, 0.1) is 12.3 Å². The minimum absolute atomic E-state index is 0.230. The van der Waals surface area contributed by atoms with Gasteiger partial charge in [0, 0.05) is 6.42 Å². The minimum atomic E-state index is -6.63. The topological polar surface area (TPSA) is 0 Å². The Morgan fingerprint density at radius 2 is 1.21 bits per heavy atom. The summed E-state index contributed by atoms with van der Waals surface area (Å²) < 4.78 is 121. The molecule has 4 rings (SSSR count). The third-order valence-corrected chi connectivity index (χ3v) is 6.50. The minimum Gasteiger partial charge on any atom is -0.169 e. The third kappa shape index (κ3) is 3.73. The lowest BCUT2D eigenvalue weighted by molar-refractivity contribution is -0.387. The average Bonchev–Trinajstić information content (AvgIpc) is 3.34. The molecule has 0 unspecified atom stereocenters. The van der Waals surface area contributed by atoms with Gasteiger partial charge in [0.15, 0.2) is 0 Å². The van der Waals surface area contributed by atoms with E-state index in [1.54, 1.807) is 12.1 Å². The number of halogens is 9. The van der Waals surface area contributed by atoms with E-state index in [1.165, 1.54) is 0 Å². The number of fused-ring (bicyclic) bond motifs is 1. The fourth-order valence-electron chi connectivity index (χ4n) is 4.88. The molecular weight excluding hydrogens is 459 g/mol. The first kappa shape index (κ1) is 23.7. The molecule has 1 radical (unpaired) electrons. The van der Waals surface area contributed by atoms with Gasteiger partial charge in [-0.25, -0.2) is 0 Å². The lowest BCUT2D eigenvalue weighted by Gasteiger charge is -2.38. The number of hydrogen-bond acceptors (Lipinski definition) is 0. The highest BCUT2D eigenvalue weighted by Gasteiger charge is 2.84. The Labute approximate surface area is 184 Å². The van der Waals surface area contributed by atoms with E-state index in [2.05, 4.69) is 0 Å². The summed E-state index contributed by atoms with van der Waals surface area (Å²) >= 11 is 0. The molecule has 2 aliphatic carbocycles. The summed E-state index contributed by atoms with van der Waals surface area (Å²) in [5.74, 6) is 0.388. The van der Waals surface area contributed by atoms with E-state index in [0.717, 1.165) is 54.5 Å². The molecule has 2 aromatic carbocycles. The van der Waals surface area contributed by atoms with Gasteiger partial charge in [0.25, 0.3) is 5.41 Å². The Morgan fingerprint density at radius 3 is 1.73 bits per heavy atom. The number of hydrogen-bond donors (Lipinski definition) is 0. The zero-order valence-electron chi connectivity index (χ0n) is 17.0. The van der Waals surface area contributed by atoms with Crippen molar-refractivity contribution in [3.05, 3.63) is 71.1 Å². The number of allylic oxidation sites excluding steroid dienone is 1. The van der Waals surface area contributed by atoms with E-state index in [9.17, 15) is 39.5 Å². The molecule has 1 fully saturated rings. The van der Waals surface area contributed by atoms with Crippen LogP contribution >= 0.6 is 0 Å². The third-order valence-electron chi connectivity index (χ3n) is 6.50. The summed E-state index contributed by atoms with van der Waals surface area (Å²) in [5.41, 5.74) is -4.42. The summed E-state index contributed by atoms with van der Waals surface area (Å²) in [7, 11) is 0. The van der Waals surface area contributed by atoms with Gasteiger partial charge in [-0.05, 0) is 46.6 Å². The second-order valence-corrected chi connectivity index (χ2v) is 8.40. The average molecular weight is 477 g/mol. The second kappa shape index (κ2) is 7.81. The van der Waals surface area contributed by atoms with Crippen molar-refractivity contribution < 1.29 is 39.5 Å². The van der Waals surface area contributed by atoms with E-state index in [0.29, 0.717) is 11.5 Å². The van der Waals surface area contributed by atoms with Crippen LogP contribution in [0.5, 0.6) is 0 Å². The van der Waals surface area contributed by atoms with Crippen LogP contribution < -0.4 is 0 Å². The van der Waals surface area contributed by atoms with Gasteiger partial charge >= 0.3 is 18.5 Å². The molecule has 2 aromatic rings. The van der Waals surface area contributed by atoms with E-state index in [4.69, 9.17) is 0 Å². The highest BCUT2D eigenvalue weighted by atomic mass is 19.4. The molecule has 0 atom stereocenters. The molecular formula is C24H18F9. The van der Waals surface area contributed by atoms with Crippen LogP contribution in [0.2, 0.25) is 0 Å². The van der Waals surface area contributed by atoms with Crippen LogP contribution in [0.4, 0.5) is 39.5 Å². The number of benzene rings is 2. The first-order valence-corrected chi connectivity index (χ1v) is 10.3. The highest BCUT2D eigenvalue weighted by Crippen LogP contribution is 2.60. The van der Waals surface area contributed by atoms with Crippen LogP contribution in [0.25, 0.3) is 17.2 Å². The summed E-state index contributed by atoms with van der Waals surface area (Å²) in [6, 6.07) is 7.46. The first-order chi connectivity index (χ1) is 15.3.